The van der Waals surface area contributed by atoms with Crippen LogP contribution in [0.5, 0.6) is 0 Å². The molecule has 0 fully saturated rings. The number of amides is 1. The number of carbonyl (C=O) groups is 3. The summed E-state index contributed by atoms with van der Waals surface area (Å²) in [6.07, 6.45) is 0.717. The van der Waals surface area contributed by atoms with Crippen LogP contribution in [0.3, 0.4) is 0 Å². The quantitative estimate of drug-likeness (QED) is 0.595. The number of nitrogens with one attached hydrogen (secondary N) is 1. The Morgan fingerprint density at radius 3 is 2.22 bits per heavy atom. The van der Waals surface area contributed by atoms with Gasteiger partial charge in [-0.05, 0) is 13.0 Å². The average Bonchev–Trinajstić information content (AvgIpc) is 2.23. The van der Waals surface area contributed by atoms with Gasteiger partial charge in [-0.25, -0.2) is 4.39 Å². The van der Waals surface area contributed by atoms with Crippen molar-refractivity contribution in [2.45, 2.75) is 16.8 Å². The summed E-state index contributed by atoms with van der Waals surface area (Å²) in [4.78, 5) is 32.2. The molecule has 2 N–H and O–H groups in total. The fourth-order valence-electron chi connectivity index (χ4n) is 0.805. The molecular weight excluding hydrogens is 311 g/mol. The minimum atomic E-state index is -2.35. The van der Waals surface area contributed by atoms with Gasteiger partial charge in [0.05, 0.1) is 5.92 Å². The van der Waals surface area contributed by atoms with Crippen LogP contribution in [0.15, 0.2) is 11.9 Å². The summed E-state index contributed by atoms with van der Waals surface area (Å²) in [5.74, 6) is -4.81. The van der Waals surface area contributed by atoms with Gasteiger partial charge in [0.15, 0.2) is 0 Å². The third-order valence-electron chi connectivity index (χ3n) is 1.78. The predicted octanol–water partition coefficient (Wildman–Crippen LogP) is 1.61. The van der Waals surface area contributed by atoms with Crippen LogP contribution in [0.4, 0.5) is 4.39 Å². The van der Waals surface area contributed by atoms with Crippen molar-refractivity contribution in [1.29, 1.82) is 0 Å². The molecule has 0 aromatic rings. The van der Waals surface area contributed by atoms with Crippen molar-refractivity contribution in [3.05, 3.63) is 11.9 Å². The Labute approximate surface area is 117 Å². The topological polar surface area (TPSA) is 83.5 Å². The molecule has 102 valence electrons. The number of aldehydes is 1. The van der Waals surface area contributed by atoms with E-state index in [-0.39, 0.29) is 6.29 Å². The molecule has 0 aliphatic heterocycles. The van der Waals surface area contributed by atoms with Gasteiger partial charge in [0.1, 0.15) is 18.2 Å². The number of hydrogen-bond donors (Lipinski definition) is 2. The zero-order chi connectivity index (χ0) is 14.5. The largest absolute Gasteiger partial charge is 0.481 e. The molecule has 0 rings (SSSR count). The van der Waals surface area contributed by atoms with Crippen molar-refractivity contribution in [2.24, 2.45) is 5.92 Å². The van der Waals surface area contributed by atoms with E-state index in [1.54, 1.807) is 0 Å². The van der Waals surface area contributed by atoms with Crippen LogP contribution >= 0.6 is 34.8 Å². The first kappa shape index (κ1) is 17.2. The lowest BCUT2D eigenvalue weighted by molar-refractivity contribution is -0.139. The maximum Gasteiger partial charge on any atom is 0.310 e. The van der Waals surface area contributed by atoms with E-state index in [0.29, 0.717) is 6.08 Å². The maximum atomic E-state index is 13.4. The van der Waals surface area contributed by atoms with Gasteiger partial charge in [0.25, 0.3) is 9.70 Å². The van der Waals surface area contributed by atoms with Gasteiger partial charge in [-0.1, -0.05) is 34.8 Å². The molecule has 0 saturated carbocycles. The van der Waals surface area contributed by atoms with E-state index in [1.165, 1.54) is 6.92 Å². The first-order valence-electron chi connectivity index (χ1n) is 4.52. The molecule has 2 atom stereocenters. The Morgan fingerprint density at radius 1 is 1.39 bits per heavy atom. The molecule has 0 unspecified atom stereocenters. The van der Waals surface area contributed by atoms with E-state index in [2.05, 4.69) is 0 Å². The van der Waals surface area contributed by atoms with Crippen molar-refractivity contribution < 1.29 is 23.9 Å². The van der Waals surface area contributed by atoms with Crippen LogP contribution in [0.2, 0.25) is 0 Å². The summed E-state index contributed by atoms with van der Waals surface area (Å²) in [5, 5.41) is 10.4. The van der Waals surface area contributed by atoms with Gasteiger partial charge in [-0.2, -0.15) is 0 Å². The van der Waals surface area contributed by atoms with Gasteiger partial charge in [0, 0.05) is 0 Å². The predicted molar refractivity (Wildman–Crippen MR) is 64.3 cm³/mol. The third kappa shape index (κ3) is 5.66. The molecule has 1 amide bonds. The van der Waals surface area contributed by atoms with Crippen molar-refractivity contribution >= 4 is 53.0 Å². The molecule has 0 aromatic carbocycles. The minimum Gasteiger partial charge on any atom is -0.481 e. The summed E-state index contributed by atoms with van der Waals surface area (Å²) in [6.45, 7) is 1.19. The highest BCUT2D eigenvalue weighted by Crippen LogP contribution is 2.26. The summed E-state index contributed by atoms with van der Waals surface area (Å²) in [5.41, 5.74) is 0. The van der Waals surface area contributed by atoms with Gasteiger partial charge in [-0.15, -0.1) is 0 Å². The van der Waals surface area contributed by atoms with Crippen molar-refractivity contribution in [2.75, 3.05) is 0 Å². The highest BCUT2D eigenvalue weighted by molar-refractivity contribution is 6.76. The first-order valence-corrected chi connectivity index (χ1v) is 5.66. The van der Waals surface area contributed by atoms with E-state index in [9.17, 15) is 18.8 Å². The van der Waals surface area contributed by atoms with Gasteiger partial charge in [-0.3, -0.25) is 9.59 Å². The summed E-state index contributed by atoms with van der Waals surface area (Å²) in [6, 6.07) is -1.70. The molecule has 0 heterocycles. The van der Waals surface area contributed by atoms with Crippen molar-refractivity contribution in [3.63, 3.8) is 0 Å². The maximum absolute atomic E-state index is 13.4. The number of rotatable bonds is 5. The van der Waals surface area contributed by atoms with Crippen LogP contribution in [0.25, 0.3) is 0 Å². The number of halogens is 4. The van der Waals surface area contributed by atoms with E-state index >= 15 is 0 Å². The second kappa shape index (κ2) is 6.92. The van der Waals surface area contributed by atoms with Crippen LogP contribution in [-0.2, 0) is 14.4 Å². The zero-order valence-corrected chi connectivity index (χ0v) is 11.3. The van der Waals surface area contributed by atoms with Gasteiger partial charge in [0.2, 0.25) is 0 Å². The van der Waals surface area contributed by atoms with E-state index in [4.69, 9.17) is 39.9 Å². The number of carboxylic acid groups (broad SMARTS) is 1. The molecular formula is C9H9Cl3FNO4. The second-order valence-corrected chi connectivity index (χ2v) is 5.54. The molecule has 0 aliphatic carbocycles. The van der Waals surface area contributed by atoms with E-state index < -0.39 is 33.5 Å². The van der Waals surface area contributed by atoms with Gasteiger partial charge >= 0.3 is 5.97 Å². The van der Waals surface area contributed by atoms with Crippen LogP contribution in [-0.4, -0.2) is 33.1 Å². The minimum absolute atomic E-state index is 0.0503. The Kier molecular flexibility index (Phi) is 6.59. The lowest BCUT2D eigenvalue weighted by Gasteiger charge is -2.15. The third-order valence-corrected chi connectivity index (χ3v) is 2.29. The average molecular weight is 321 g/mol. The zero-order valence-electron chi connectivity index (χ0n) is 8.99. The Bertz CT molecular complexity index is 380. The normalized spacial score (nSPS) is 15.7. The molecule has 0 aromatic heterocycles. The highest BCUT2D eigenvalue weighted by Gasteiger charge is 2.33. The summed E-state index contributed by atoms with van der Waals surface area (Å²) in [7, 11) is 0. The molecule has 5 nitrogen and oxygen atoms in total. The number of carboxylic acids is 1. The standard InChI is InChI=1S/C9H9Cl3FNO4/c1-4(7(16)17)2-5(13)6(3-15)14-8(18)9(10,11)12/h2-4,6H,1H3,(H,14,18)(H,16,17)/b5-2-/t4-,6-/m0/s1. The first-order chi connectivity index (χ1) is 8.09. The number of hydrogen-bond acceptors (Lipinski definition) is 3. The van der Waals surface area contributed by atoms with E-state index in [1.807, 2.05) is 5.32 Å². The lowest BCUT2D eigenvalue weighted by Crippen LogP contribution is -2.43. The Morgan fingerprint density at radius 2 is 1.89 bits per heavy atom. The smallest absolute Gasteiger partial charge is 0.310 e. The highest BCUT2D eigenvalue weighted by atomic mass is 35.6. The summed E-state index contributed by atoms with van der Waals surface area (Å²) < 4.78 is 11.1. The van der Waals surface area contributed by atoms with Crippen molar-refractivity contribution in [3.8, 4) is 0 Å². The number of aliphatic carboxylic acids is 1. The van der Waals surface area contributed by atoms with Crippen LogP contribution in [0.1, 0.15) is 6.92 Å². The lowest BCUT2D eigenvalue weighted by atomic mass is 10.1. The van der Waals surface area contributed by atoms with E-state index in [0.717, 1.165) is 0 Å². The monoisotopic (exact) mass is 319 g/mol. The fraction of sp³-hybridized carbons (Fsp3) is 0.444. The van der Waals surface area contributed by atoms with Crippen LogP contribution in [0, 0.1) is 5.92 Å². The molecule has 0 aliphatic rings. The SMILES string of the molecule is C[C@@H](/C=C(\F)[C@H](C=O)NC(=O)C(Cl)(Cl)Cl)C(=O)O. The Hall–Kier alpha value is -0.850. The number of alkyl halides is 3. The molecule has 0 spiro atoms. The molecule has 9 heteroatoms. The molecule has 18 heavy (non-hydrogen) atoms. The number of carbonyl (C=O) groups excluding carboxylic acids is 2. The Balaban J connectivity index is 4.85. The summed E-state index contributed by atoms with van der Waals surface area (Å²) >= 11 is 15.6. The molecule has 0 radical (unpaired) electrons. The van der Waals surface area contributed by atoms with Crippen LogP contribution < -0.4 is 5.32 Å². The second-order valence-electron chi connectivity index (χ2n) is 3.26. The van der Waals surface area contributed by atoms with Gasteiger partial charge < -0.3 is 15.2 Å². The molecule has 0 bridgehead atoms. The molecule has 0 saturated heterocycles. The fourth-order valence-corrected chi connectivity index (χ4v) is 0.968. The van der Waals surface area contributed by atoms with Crippen molar-refractivity contribution in [1.82, 2.24) is 5.32 Å².